The van der Waals surface area contributed by atoms with Gasteiger partial charge in [-0.05, 0) is 31.0 Å². The van der Waals surface area contributed by atoms with E-state index >= 15 is 0 Å². The summed E-state index contributed by atoms with van der Waals surface area (Å²) in [5.41, 5.74) is 6.73. The number of rotatable bonds is 9. The largest absolute Gasteiger partial charge is 0.489 e. The van der Waals surface area contributed by atoms with Gasteiger partial charge in [0.25, 0.3) is 0 Å². The monoisotopic (exact) mass is 321 g/mol. The predicted octanol–water partition coefficient (Wildman–Crippen LogP) is 2.92. The first-order valence-electron chi connectivity index (χ1n) is 6.47. The zero-order chi connectivity index (χ0) is 15.0. The van der Waals surface area contributed by atoms with Gasteiger partial charge in [-0.15, -0.1) is 0 Å². The molecule has 0 aliphatic rings. The Balaban J connectivity index is 2.58. The highest BCUT2D eigenvalue weighted by atomic mass is 35.5. The Morgan fingerprint density at radius 2 is 1.85 bits per heavy atom. The molecule has 0 spiro atoms. The van der Waals surface area contributed by atoms with E-state index in [4.69, 9.17) is 43.1 Å². The molecule has 0 saturated heterocycles. The highest BCUT2D eigenvalue weighted by Crippen LogP contribution is 2.33. The molecule has 4 nitrogen and oxygen atoms in total. The minimum Gasteiger partial charge on any atom is -0.489 e. The molecule has 0 bridgehead atoms. The van der Waals surface area contributed by atoms with Crippen molar-refractivity contribution in [3.05, 3.63) is 27.7 Å². The van der Waals surface area contributed by atoms with Gasteiger partial charge in [0.2, 0.25) is 0 Å². The molecule has 0 heterocycles. The Bertz CT molecular complexity index is 414. The zero-order valence-electron chi connectivity index (χ0n) is 11.8. The van der Waals surface area contributed by atoms with Crippen LogP contribution in [0.3, 0.4) is 0 Å². The minimum atomic E-state index is 0.00448. The normalized spacial score (nSPS) is 12.4. The molecule has 0 amide bonds. The average molecular weight is 322 g/mol. The Hall–Kier alpha value is -0.520. The van der Waals surface area contributed by atoms with Crippen molar-refractivity contribution in [1.82, 2.24) is 0 Å². The molecule has 0 fully saturated rings. The first-order valence-corrected chi connectivity index (χ1v) is 7.23. The second kappa shape index (κ2) is 9.42. The Labute approximate surface area is 130 Å². The summed E-state index contributed by atoms with van der Waals surface area (Å²) in [5.74, 6) is 0.628. The minimum absolute atomic E-state index is 0.00448. The molecule has 1 unspecified atom stereocenters. The van der Waals surface area contributed by atoms with E-state index in [9.17, 15) is 0 Å². The highest BCUT2D eigenvalue weighted by molar-refractivity contribution is 6.35. The summed E-state index contributed by atoms with van der Waals surface area (Å²) in [6.45, 7) is 3.92. The van der Waals surface area contributed by atoms with Gasteiger partial charge in [0.1, 0.15) is 12.4 Å². The lowest BCUT2D eigenvalue weighted by molar-refractivity contribution is 0.0543. The summed E-state index contributed by atoms with van der Waals surface area (Å²) < 4.78 is 15.9. The van der Waals surface area contributed by atoms with Crippen LogP contribution >= 0.6 is 23.2 Å². The maximum Gasteiger partial charge on any atom is 0.141 e. The number of halogens is 2. The van der Waals surface area contributed by atoms with Crippen LogP contribution in [0.1, 0.15) is 12.5 Å². The SMILES string of the molecule is COCCOCCOc1c(Cl)cc(Cl)cc1CC(C)N. The van der Waals surface area contributed by atoms with E-state index in [0.29, 0.717) is 48.6 Å². The van der Waals surface area contributed by atoms with Crippen molar-refractivity contribution in [1.29, 1.82) is 0 Å². The Morgan fingerprint density at radius 1 is 1.15 bits per heavy atom. The van der Waals surface area contributed by atoms with Crippen LogP contribution in [0.5, 0.6) is 5.75 Å². The molecule has 0 aliphatic carbocycles. The zero-order valence-corrected chi connectivity index (χ0v) is 13.3. The fourth-order valence-electron chi connectivity index (χ4n) is 1.72. The van der Waals surface area contributed by atoms with Gasteiger partial charge in [0, 0.05) is 18.2 Å². The van der Waals surface area contributed by atoms with Gasteiger partial charge in [-0.3, -0.25) is 0 Å². The van der Waals surface area contributed by atoms with Crippen LogP contribution in [0, 0.1) is 0 Å². The summed E-state index contributed by atoms with van der Waals surface area (Å²) in [4.78, 5) is 0. The quantitative estimate of drug-likeness (QED) is 0.710. The van der Waals surface area contributed by atoms with Gasteiger partial charge < -0.3 is 19.9 Å². The number of ether oxygens (including phenoxy) is 3. The molecule has 1 atom stereocenters. The van der Waals surface area contributed by atoms with E-state index in [-0.39, 0.29) is 6.04 Å². The first kappa shape index (κ1) is 17.5. The van der Waals surface area contributed by atoms with Crippen molar-refractivity contribution in [3.8, 4) is 5.75 Å². The third-order valence-electron chi connectivity index (χ3n) is 2.53. The molecule has 20 heavy (non-hydrogen) atoms. The van der Waals surface area contributed by atoms with Crippen LogP contribution in [0.15, 0.2) is 12.1 Å². The number of benzene rings is 1. The van der Waals surface area contributed by atoms with Gasteiger partial charge in [0.05, 0.1) is 24.8 Å². The van der Waals surface area contributed by atoms with Crippen LogP contribution in [0.25, 0.3) is 0 Å². The molecule has 6 heteroatoms. The summed E-state index contributed by atoms with van der Waals surface area (Å²) >= 11 is 12.2. The van der Waals surface area contributed by atoms with Gasteiger partial charge in [-0.1, -0.05) is 23.2 Å². The number of nitrogens with two attached hydrogens (primary N) is 1. The van der Waals surface area contributed by atoms with Crippen LogP contribution in [-0.2, 0) is 15.9 Å². The molecule has 1 aromatic rings. The van der Waals surface area contributed by atoms with Crippen molar-refractivity contribution in [2.24, 2.45) is 5.73 Å². The fraction of sp³-hybridized carbons (Fsp3) is 0.571. The third kappa shape index (κ3) is 6.29. The molecule has 114 valence electrons. The van der Waals surface area contributed by atoms with Crippen molar-refractivity contribution < 1.29 is 14.2 Å². The van der Waals surface area contributed by atoms with Crippen LogP contribution in [-0.4, -0.2) is 39.6 Å². The molecule has 0 aromatic heterocycles. The van der Waals surface area contributed by atoms with Gasteiger partial charge >= 0.3 is 0 Å². The lowest BCUT2D eigenvalue weighted by Gasteiger charge is -2.15. The molecule has 0 aliphatic heterocycles. The smallest absolute Gasteiger partial charge is 0.141 e. The second-order valence-corrected chi connectivity index (χ2v) is 5.35. The van der Waals surface area contributed by atoms with Crippen molar-refractivity contribution in [2.45, 2.75) is 19.4 Å². The summed E-state index contributed by atoms with van der Waals surface area (Å²) in [5, 5.41) is 1.07. The topological polar surface area (TPSA) is 53.7 Å². The third-order valence-corrected chi connectivity index (χ3v) is 3.03. The van der Waals surface area contributed by atoms with E-state index in [0.717, 1.165) is 5.56 Å². The summed E-state index contributed by atoms with van der Waals surface area (Å²) in [6, 6.07) is 3.50. The van der Waals surface area contributed by atoms with E-state index in [1.807, 2.05) is 13.0 Å². The van der Waals surface area contributed by atoms with Crippen LogP contribution in [0.2, 0.25) is 10.0 Å². The van der Waals surface area contributed by atoms with Crippen LogP contribution < -0.4 is 10.5 Å². The van der Waals surface area contributed by atoms with Crippen molar-refractivity contribution in [3.63, 3.8) is 0 Å². The standard InChI is InChI=1S/C14H21Cl2NO3/c1-10(17)7-11-8-12(15)9-13(16)14(11)20-6-5-19-4-3-18-2/h8-10H,3-7,17H2,1-2H3. The number of hydrogen-bond donors (Lipinski definition) is 1. The lowest BCUT2D eigenvalue weighted by Crippen LogP contribution is -2.19. The van der Waals surface area contributed by atoms with Gasteiger partial charge in [-0.25, -0.2) is 0 Å². The average Bonchev–Trinajstić information content (AvgIpc) is 2.35. The maximum atomic E-state index is 6.17. The molecule has 0 radical (unpaired) electrons. The number of hydrogen-bond acceptors (Lipinski definition) is 4. The van der Waals surface area contributed by atoms with Crippen molar-refractivity contribution in [2.75, 3.05) is 33.5 Å². The second-order valence-electron chi connectivity index (χ2n) is 4.51. The highest BCUT2D eigenvalue weighted by Gasteiger charge is 2.12. The lowest BCUT2D eigenvalue weighted by atomic mass is 10.1. The summed E-state index contributed by atoms with van der Waals surface area (Å²) in [6.07, 6.45) is 0.653. The Kier molecular flexibility index (Phi) is 8.26. The molecular weight excluding hydrogens is 301 g/mol. The van der Waals surface area contributed by atoms with E-state index < -0.39 is 0 Å². The van der Waals surface area contributed by atoms with E-state index in [2.05, 4.69) is 0 Å². The van der Waals surface area contributed by atoms with Crippen molar-refractivity contribution >= 4 is 23.2 Å². The van der Waals surface area contributed by atoms with E-state index in [1.54, 1.807) is 13.2 Å². The van der Waals surface area contributed by atoms with Crippen LogP contribution in [0.4, 0.5) is 0 Å². The predicted molar refractivity (Wildman–Crippen MR) is 82.0 cm³/mol. The van der Waals surface area contributed by atoms with Gasteiger partial charge in [-0.2, -0.15) is 0 Å². The fourth-order valence-corrected chi connectivity index (χ4v) is 2.31. The molecule has 0 saturated carbocycles. The maximum absolute atomic E-state index is 6.17. The molecule has 1 aromatic carbocycles. The first-order chi connectivity index (χ1) is 9.54. The summed E-state index contributed by atoms with van der Waals surface area (Å²) in [7, 11) is 1.63. The molecule has 2 N–H and O–H groups in total. The number of methoxy groups -OCH3 is 1. The molecular formula is C14H21Cl2NO3. The Morgan fingerprint density at radius 3 is 2.50 bits per heavy atom. The molecule has 1 rings (SSSR count). The van der Waals surface area contributed by atoms with E-state index in [1.165, 1.54) is 0 Å². The van der Waals surface area contributed by atoms with Gasteiger partial charge in [0.15, 0.2) is 0 Å².